The van der Waals surface area contributed by atoms with Crippen LogP contribution >= 0.6 is 0 Å². The van der Waals surface area contributed by atoms with Crippen LogP contribution in [0, 0.1) is 0 Å². The predicted octanol–water partition coefficient (Wildman–Crippen LogP) is -0.225. The molecule has 0 aliphatic carbocycles. The minimum atomic E-state index is -0.477. The SMILES string of the molecule is CCOCCOC(=O)NCCOCCOCCO. The Morgan fingerprint density at radius 2 is 1.67 bits per heavy atom. The summed E-state index contributed by atoms with van der Waals surface area (Å²) in [4.78, 5) is 11.1. The van der Waals surface area contributed by atoms with Gasteiger partial charge >= 0.3 is 6.09 Å². The maximum atomic E-state index is 11.1. The fourth-order valence-corrected chi connectivity index (χ4v) is 1.00. The summed E-state index contributed by atoms with van der Waals surface area (Å²) in [6, 6.07) is 0. The van der Waals surface area contributed by atoms with Gasteiger partial charge in [0, 0.05) is 13.2 Å². The van der Waals surface area contributed by atoms with E-state index >= 15 is 0 Å². The van der Waals surface area contributed by atoms with Gasteiger partial charge in [0.05, 0.1) is 39.6 Å². The molecule has 0 aromatic carbocycles. The first-order valence-electron chi connectivity index (χ1n) is 6.06. The zero-order valence-electron chi connectivity index (χ0n) is 10.9. The topological polar surface area (TPSA) is 86.3 Å². The van der Waals surface area contributed by atoms with E-state index in [1.807, 2.05) is 6.92 Å². The van der Waals surface area contributed by atoms with Crippen molar-refractivity contribution in [2.45, 2.75) is 6.92 Å². The third kappa shape index (κ3) is 13.2. The van der Waals surface area contributed by atoms with Gasteiger partial charge < -0.3 is 29.4 Å². The number of carbonyl (C=O) groups excluding carboxylic acids is 1. The van der Waals surface area contributed by atoms with Crippen LogP contribution in [-0.4, -0.2) is 70.6 Å². The molecule has 0 aromatic rings. The Balaban J connectivity index is 3.10. The van der Waals surface area contributed by atoms with Crippen LogP contribution in [0.4, 0.5) is 4.79 Å². The molecule has 18 heavy (non-hydrogen) atoms. The molecule has 0 radical (unpaired) electrons. The monoisotopic (exact) mass is 265 g/mol. The fraction of sp³-hybridized carbons (Fsp3) is 0.909. The standard InChI is InChI=1S/C11H23NO6/c1-2-15-9-10-18-11(14)12-3-5-16-7-8-17-6-4-13/h13H,2-10H2,1H3,(H,12,14). The van der Waals surface area contributed by atoms with E-state index in [0.29, 0.717) is 46.2 Å². The van der Waals surface area contributed by atoms with E-state index in [9.17, 15) is 4.79 Å². The van der Waals surface area contributed by atoms with Crippen LogP contribution in [0.5, 0.6) is 0 Å². The minimum Gasteiger partial charge on any atom is -0.447 e. The lowest BCUT2D eigenvalue weighted by Crippen LogP contribution is -2.29. The first-order chi connectivity index (χ1) is 8.81. The molecule has 0 fully saturated rings. The quantitative estimate of drug-likeness (QED) is 0.474. The summed E-state index contributed by atoms with van der Waals surface area (Å²) in [5, 5.41) is 11.0. The molecule has 7 nitrogen and oxygen atoms in total. The molecular weight excluding hydrogens is 242 g/mol. The zero-order chi connectivity index (χ0) is 13.5. The van der Waals surface area contributed by atoms with Gasteiger partial charge in [-0.25, -0.2) is 4.79 Å². The Morgan fingerprint density at radius 3 is 2.33 bits per heavy atom. The molecular formula is C11H23NO6. The second-order valence-electron chi connectivity index (χ2n) is 3.21. The lowest BCUT2D eigenvalue weighted by atomic mass is 10.6. The smallest absolute Gasteiger partial charge is 0.407 e. The van der Waals surface area contributed by atoms with Crippen molar-refractivity contribution in [2.75, 3.05) is 59.4 Å². The number of nitrogens with one attached hydrogen (secondary N) is 1. The van der Waals surface area contributed by atoms with E-state index < -0.39 is 6.09 Å². The maximum Gasteiger partial charge on any atom is 0.407 e. The van der Waals surface area contributed by atoms with Crippen molar-refractivity contribution in [3.63, 3.8) is 0 Å². The normalized spacial score (nSPS) is 10.3. The molecule has 7 heteroatoms. The van der Waals surface area contributed by atoms with Crippen molar-refractivity contribution in [1.29, 1.82) is 0 Å². The number of hydrogen-bond acceptors (Lipinski definition) is 6. The molecule has 0 heterocycles. The Labute approximate surface area is 107 Å². The fourth-order valence-electron chi connectivity index (χ4n) is 1.00. The van der Waals surface area contributed by atoms with E-state index in [4.69, 9.17) is 24.1 Å². The molecule has 0 bridgehead atoms. The average molecular weight is 265 g/mol. The number of aliphatic hydroxyl groups is 1. The molecule has 0 spiro atoms. The number of amides is 1. The summed E-state index contributed by atoms with van der Waals surface area (Å²) in [6.07, 6.45) is -0.477. The highest BCUT2D eigenvalue weighted by atomic mass is 16.6. The van der Waals surface area contributed by atoms with E-state index in [1.54, 1.807) is 0 Å². The van der Waals surface area contributed by atoms with E-state index in [2.05, 4.69) is 5.32 Å². The van der Waals surface area contributed by atoms with Crippen molar-refractivity contribution < 1.29 is 28.8 Å². The number of ether oxygens (including phenoxy) is 4. The van der Waals surface area contributed by atoms with Gasteiger partial charge in [0.25, 0.3) is 0 Å². The van der Waals surface area contributed by atoms with Gasteiger partial charge in [0.15, 0.2) is 0 Å². The molecule has 0 aliphatic rings. The van der Waals surface area contributed by atoms with Gasteiger partial charge in [-0.15, -0.1) is 0 Å². The van der Waals surface area contributed by atoms with Crippen molar-refractivity contribution >= 4 is 6.09 Å². The zero-order valence-corrected chi connectivity index (χ0v) is 10.9. The Bertz CT molecular complexity index is 190. The maximum absolute atomic E-state index is 11.1. The second kappa shape index (κ2) is 14.2. The molecule has 0 rings (SSSR count). The number of aliphatic hydroxyl groups excluding tert-OH is 1. The summed E-state index contributed by atoms with van der Waals surface area (Å²) in [6.45, 7) is 5.09. The Kier molecular flexibility index (Phi) is 13.5. The third-order valence-electron chi connectivity index (χ3n) is 1.79. The molecule has 0 saturated carbocycles. The summed E-state index contributed by atoms with van der Waals surface area (Å²) >= 11 is 0. The van der Waals surface area contributed by atoms with Crippen LogP contribution in [0.15, 0.2) is 0 Å². The highest BCUT2D eigenvalue weighted by molar-refractivity contribution is 5.66. The molecule has 0 aliphatic heterocycles. The van der Waals surface area contributed by atoms with E-state index in [-0.39, 0.29) is 13.2 Å². The second-order valence-corrected chi connectivity index (χ2v) is 3.21. The van der Waals surface area contributed by atoms with Crippen LogP contribution in [0.1, 0.15) is 6.92 Å². The lowest BCUT2D eigenvalue weighted by molar-refractivity contribution is 0.0332. The van der Waals surface area contributed by atoms with Crippen molar-refractivity contribution in [1.82, 2.24) is 5.32 Å². The predicted molar refractivity (Wildman–Crippen MR) is 64.6 cm³/mol. The number of carbonyl (C=O) groups is 1. The van der Waals surface area contributed by atoms with Gasteiger partial charge in [-0.1, -0.05) is 0 Å². The molecule has 108 valence electrons. The average Bonchev–Trinajstić information content (AvgIpc) is 2.38. The van der Waals surface area contributed by atoms with Gasteiger partial charge in [-0.3, -0.25) is 0 Å². The van der Waals surface area contributed by atoms with Gasteiger partial charge in [0.1, 0.15) is 6.61 Å². The molecule has 0 atom stereocenters. The molecule has 0 aromatic heterocycles. The van der Waals surface area contributed by atoms with Crippen molar-refractivity contribution in [3.8, 4) is 0 Å². The molecule has 0 saturated heterocycles. The van der Waals surface area contributed by atoms with Gasteiger partial charge in [-0.2, -0.15) is 0 Å². The largest absolute Gasteiger partial charge is 0.447 e. The van der Waals surface area contributed by atoms with Crippen LogP contribution in [0.25, 0.3) is 0 Å². The Morgan fingerprint density at radius 1 is 1.00 bits per heavy atom. The summed E-state index contributed by atoms with van der Waals surface area (Å²) in [5.41, 5.74) is 0. The third-order valence-corrected chi connectivity index (χ3v) is 1.79. The number of rotatable bonds is 12. The van der Waals surface area contributed by atoms with Crippen molar-refractivity contribution in [3.05, 3.63) is 0 Å². The highest BCUT2D eigenvalue weighted by Crippen LogP contribution is 1.81. The summed E-state index contributed by atoms with van der Waals surface area (Å²) < 4.78 is 20.0. The van der Waals surface area contributed by atoms with Crippen LogP contribution in [0.3, 0.4) is 0 Å². The van der Waals surface area contributed by atoms with Crippen LogP contribution < -0.4 is 5.32 Å². The van der Waals surface area contributed by atoms with Crippen LogP contribution in [0.2, 0.25) is 0 Å². The number of hydrogen-bond donors (Lipinski definition) is 2. The minimum absolute atomic E-state index is 0.00907. The summed E-state index contributed by atoms with van der Waals surface area (Å²) in [7, 11) is 0. The van der Waals surface area contributed by atoms with Gasteiger partial charge in [-0.05, 0) is 6.92 Å². The first-order valence-corrected chi connectivity index (χ1v) is 6.06. The van der Waals surface area contributed by atoms with Gasteiger partial charge in [0.2, 0.25) is 0 Å². The molecule has 1 amide bonds. The lowest BCUT2D eigenvalue weighted by Gasteiger charge is -2.07. The van der Waals surface area contributed by atoms with E-state index in [0.717, 1.165) is 0 Å². The van der Waals surface area contributed by atoms with Crippen LogP contribution in [-0.2, 0) is 18.9 Å². The molecule has 0 unspecified atom stereocenters. The summed E-state index contributed by atoms with van der Waals surface area (Å²) in [5.74, 6) is 0. The van der Waals surface area contributed by atoms with E-state index in [1.165, 1.54) is 0 Å². The number of alkyl carbamates (subject to hydrolysis) is 1. The molecule has 2 N–H and O–H groups in total. The van der Waals surface area contributed by atoms with Crippen molar-refractivity contribution in [2.24, 2.45) is 0 Å². The Hall–Kier alpha value is -0.890. The highest BCUT2D eigenvalue weighted by Gasteiger charge is 2.00. The first kappa shape index (κ1) is 17.1.